The van der Waals surface area contributed by atoms with Gasteiger partial charge in [0, 0.05) is 18.1 Å². The van der Waals surface area contributed by atoms with E-state index >= 15 is 0 Å². The molecule has 0 aliphatic carbocycles. The Morgan fingerprint density at radius 3 is 2.67 bits per heavy atom. The van der Waals surface area contributed by atoms with E-state index in [0.717, 1.165) is 12.2 Å². The van der Waals surface area contributed by atoms with Crippen molar-refractivity contribution in [1.82, 2.24) is 0 Å². The summed E-state index contributed by atoms with van der Waals surface area (Å²) >= 11 is 0. The minimum Gasteiger partial charge on any atom is -0.497 e. The Hall–Kier alpha value is -1.81. The van der Waals surface area contributed by atoms with Gasteiger partial charge in [-0.3, -0.25) is 0 Å². The number of rotatable bonds is 4. The van der Waals surface area contributed by atoms with Crippen molar-refractivity contribution in [3.8, 4) is 5.75 Å². The predicted molar refractivity (Wildman–Crippen MR) is 67.1 cm³/mol. The van der Waals surface area contributed by atoms with Crippen LogP contribution in [0.5, 0.6) is 5.75 Å². The third kappa shape index (κ3) is 2.38. The second-order valence-corrected chi connectivity index (χ2v) is 4.02. The van der Waals surface area contributed by atoms with E-state index in [4.69, 9.17) is 14.9 Å². The van der Waals surface area contributed by atoms with Gasteiger partial charge in [-0.15, -0.1) is 0 Å². The Morgan fingerprint density at radius 2 is 2.11 bits per heavy atom. The van der Waals surface area contributed by atoms with Crippen molar-refractivity contribution in [2.75, 3.05) is 7.11 Å². The molecule has 0 amide bonds. The lowest BCUT2D eigenvalue weighted by Crippen LogP contribution is -2.12. The molecule has 18 heavy (non-hydrogen) atoms. The quantitative estimate of drug-likeness (QED) is 0.906. The van der Waals surface area contributed by atoms with E-state index in [0.29, 0.717) is 17.1 Å². The molecule has 0 saturated heterocycles. The second kappa shape index (κ2) is 5.23. The second-order valence-electron chi connectivity index (χ2n) is 4.02. The van der Waals surface area contributed by atoms with Crippen LogP contribution >= 0.6 is 0 Å². The average molecular weight is 249 g/mol. The number of hydrogen-bond donors (Lipinski definition) is 1. The summed E-state index contributed by atoms with van der Waals surface area (Å²) in [5.74, 6) is 1.48. The molecule has 0 fully saturated rings. The van der Waals surface area contributed by atoms with Crippen LogP contribution in [0.25, 0.3) is 0 Å². The van der Waals surface area contributed by atoms with Gasteiger partial charge in [0.15, 0.2) is 0 Å². The number of benzene rings is 1. The molecule has 2 rings (SSSR count). The minimum absolute atomic E-state index is 0.392. The summed E-state index contributed by atoms with van der Waals surface area (Å²) in [6, 6.07) is 7.66. The number of hydrogen-bond acceptors (Lipinski definition) is 3. The van der Waals surface area contributed by atoms with E-state index in [9.17, 15) is 4.39 Å². The molecule has 2 N–H and O–H groups in total. The fraction of sp³-hybridized carbons (Fsp3) is 0.286. The topological polar surface area (TPSA) is 48.4 Å². The number of halogens is 1. The van der Waals surface area contributed by atoms with E-state index in [-0.39, 0.29) is 0 Å². The molecule has 1 aromatic heterocycles. The Balaban J connectivity index is 2.30. The first-order valence-electron chi connectivity index (χ1n) is 5.83. The number of furan rings is 1. The van der Waals surface area contributed by atoms with Gasteiger partial charge >= 0.3 is 0 Å². The van der Waals surface area contributed by atoms with Crippen LogP contribution in [0.3, 0.4) is 0 Å². The Labute approximate surface area is 105 Å². The van der Waals surface area contributed by atoms with Crippen LogP contribution < -0.4 is 10.5 Å². The molecule has 0 aliphatic rings. The summed E-state index contributed by atoms with van der Waals surface area (Å²) in [7, 11) is 1.49. The van der Waals surface area contributed by atoms with Crippen LogP contribution in [0.15, 0.2) is 34.7 Å². The molecule has 1 heterocycles. The minimum atomic E-state index is -0.601. The lowest BCUT2D eigenvalue weighted by molar-refractivity contribution is 0.409. The highest BCUT2D eigenvalue weighted by Gasteiger charge is 2.17. The van der Waals surface area contributed by atoms with Crippen molar-refractivity contribution in [1.29, 1.82) is 0 Å². The van der Waals surface area contributed by atoms with Crippen molar-refractivity contribution >= 4 is 0 Å². The number of methoxy groups -OCH3 is 1. The highest BCUT2D eigenvalue weighted by atomic mass is 19.1. The molecule has 1 unspecified atom stereocenters. The third-order valence-corrected chi connectivity index (χ3v) is 2.88. The smallest absolute Gasteiger partial charge is 0.132 e. The van der Waals surface area contributed by atoms with E-state index in [1.165, 1.54) is 13.2 Å². The third-order valence-electron chi connectivity index (χ3n) is 2.88. The number of nitrogens with two attached hydrogens (primary N) is 1. The first-order chi connectivity index (χ1) is 8.65. The van der Waals surface area contributed by atoms with Gasteiger partial charge in [0.25, 0.3) is 0 Å². The van der Waals surface area contributed by atoms with Gasteiger partial charge < -0.3 is 14.9 Å². The SMILES string of the molecule is CCc1ccc(C(N)c2ccc(OC)cc2F)o1. The normalized spacial score (nSPS) is 12.4. The molecule has 0 saturated carbocycles. The molecule has 2 aromatic rings. The molecule has 0 aliphatic heterocycles. The van der Waals surface area contributed by atoms with Crippen LogP contribution in [-0.2, 0) is 6.42 Å². The lowest BCUT2D eigenvalue weighted by atomic mass is 10.0. The standard InChI is InChI=1S/C14H16FNO2/c1-3-9-5-7-13(18-9)14(16)11-6-4-10(17-2)8-12(11)15/h4-8,14H,3,16H2,1-2H3. The molecular formula is C14H16FNO2. The van der Waals surface area contributed by atoms with Crippen LogP contribution in [-0.4, -0.2) is 7.11 Å². The monoisotopic (exact) mass is 249 g/mol. The number of ether oxygens (including phenoxy) is 1. The van der Waals surface area contributed by atoms with Crippen molar-refractivity contribution in [3.63, 3.8) is 0 Å². The fourth-order valence-corrected chi connectivity index (χ4v) is 1.79. The lowest BCUT2D eigenvalue weighted by Gasteiger charge is -2.11. The summed E-state index contributed by atoms with van der Waals surface area (Å²) in [5.41, 5.74) is 6.40. The predicted octanol–water partition coefficient (Wildman–Crippen LogP) is 3.04. The van der Waals surface area contributed by atoms with Crippen molar-refractivity contribution in [2.45, 2.75) is 19.4 Å². The van der Waals surface area contributed by atoms with Crippen molar-refractivity contribution in [3.05, 3.63) is 53.2 Å². The summed E-state index contributed by atoms with van der Waals surface area (Å²) < 4.78 is 24.4. The molecule has 4 heteroatoms. The van der Waals surface area contributed by atoms with Gasteiger partial charge in [-0.1, -0.05) is 13.0 Å². The number of aryl methyl sites for hydroxylation is 1. The van der Waals surface area contributed by atoms with E-state index in [1.807, 2.05) is 13.0 Å². The fourth-order valence-electron chi connectivity index (χ4n) is 1.79. The average Bonchev–Trinajstić information content (AvgIpc) is 2.86. The van der Waals surface area contributed by atoms with Gasteiger partial charge in [0.1, 0.15) is 23.1 Å². The Bertz CT molecular complexity index is 536. The Morgan fingerprint density at radius 1 is 1.33 bits per heavy atom. The maximum atomic E-state index is 13.9. The summed E-state index contributed by atoms with van der Waals surface area (Å²) in [6.07, 6.45) is 0.789. The van der Waals surface area contributed by atoms with E-state index in [2.05, 4.69) is 0 Å². The van der Waals surface area contributed by atoms with Gasteiger partial charge in [0.2, 0.25) is 0 Å². The highest BCUT2D eigenvalue weighted by Crippen LogP contribution is 2.26. The van der Waals surface area contributed by atoms with Gasteiger partial charge in [0.05, 0.1) is 13.2 Å². The largest absolute Gasteiger partial charge is 0.497 e. The molecule has 0 spiro atoms. The van der Waals surface area contributed by atoms with Crippen LogP contribution in [0.2, 0.25) is 0 Å². The van der Waals surface area contributed by atoms with Gasteiger partial charge in [-0.05, 0) is 18.2 Å². The summed E-state index contributed by atoms with van der Waals surface area (Å²) in [5, 5.41) is 0. The van der Waals surface area contributed by atoms with Crippen LogP contribution in [0, 0.1) is 5.82 Å². The van der Waals surface area contributed by atoms with E-state index in [1.54, 1.807) is 18.2 Å². The van der Waals surface area contributed by atoms with Gasteiger partial charge in [-0.25, -0.2) is 4.39 Å². The summed E-state index contributed by atoms with van der Waals surface area (Å²) in [4.78, 5) is 0. The van der Waals surface area contributed by atoms with Gasteiger partial charge in [-0.2, -0.15) is 0 Å². The maximum Gasteiger partial charge on any atom is 0.132 e. The molecule has 1 atom stereocenters. The zero-order valence-corrected chi connectivity index (χ0v) is 10.4. The maximum absolute atomic E-state index is 13.9. The Kier molecular flexibility index (Phi) is 3.67. The zero-order valence-electron chi connectivity index (χ0n) is 10.4. The first kappa shape index (κ1) is 12.6. The van der Waals surface area contributed by atoms with Crippen LogP contribution in [0.1, 0.15) is 30.0 Å². The molecule has 1 aromatic carbocycles. The van der Waals surface area contributed by atoms with Crippen molar-refractivity contribution < 1.29 is 13.5 Å². The first-order valence-corrected chi connectivity index (χ1v) is 5.83. The molecular weight excluding hydrogens is 233 g/mol. The molecule has 0 radical (unpaired) electrons. The van der Waals surface area contributed by atoms with E-state index < -0.39 is 11.9 Å². The molecule has 3 nitrogen and oxygen atoms in total. The zero-order chi connectivity index (χ0) is 13.1. The van der Waals surface area contributed by atoms with Crippen molar-refractivity contribution in [2.24, 2.45) is 5.73 Å². The highest BCUT2D eigenvalue weighted by molar-refractivity contribution is 5.34. The summed E-state index contributed by atoms with van der Waals surface area (Å²) in [6.45, 7) is 1.99. The van der Waals surface area contributed by atoms with Crippen LogP contribution in [0.4, 0.5) is 4.39 Å². The molecule has 96 valence electrons. The molecule has 0 bridgehead atoms.